The van der Waals surface area contributed by atoms with Gasteiger partial charge in [-0.15, -0.1) is 0 Å². The third-order valence-electron chi connectivity index (χ3n) is 3.34. The summed E-state index contributed by atoms with van der Waals surface area (Å²) in [5.41, 5.74) is 1.31. The fourth-order valence-corrected chi connectivity index (χ4v) is 1.79. The van der Waals surface area contributed by atoms with E-state index < -0.39 is 0 Å². The molecule has 0 bridgehead atoms. The molecule has 0 heterocycles. The van der Waals surface area contributed by atoms with Gasteiger partial charge in [0.2, 0.25) is 0 Å². The van der Waals surface area contributed by atoms with Gasteiger partial charge in [-0.05, 0) is 38.5 Å². The number of ketones is 1. The van der Waals surface area contributed by atoms with E-state index in [4.69, 9.17) is 0 Å². The van der Waals surface area contributed by atoms with Crippen molar-refractivity contribution in [1.29, 1.82) is 0 Å². The second-order valence-corrected chi connectivity index (χ2v) is 4.60. The summed E-state index contributed by atoms with van der Waals surface area (Å²) in [5, 5.41) is 0. The van der Waals surface area contributed by atoms with Crippen molar-refractivity contribution < 1.29 is 4.79 Å². The summed E-state index contributed by atoms with van der Waals surface area (Å²) in [4.78, 5) is 11.4. The smallest absolute Gasteiger partial charge is 0.132 e. The van der Waals surface area contributed by atoms with Gasteiger partial charge in [-0.2, -0.15) is 0 Å². The van der Waals surface area contributed by atoms with Crippen molar-refractivity contribution in [2.45, 2.75) is 59.8 Å². The standard InChI is InChI=1S/C14H26O/c1-6-8-14(13(5)15)10-9-12(4)11(3)7-2/h11,14H,4,6-10H2,1-3,5H3. The molecule has 88 valence electrons. The van der Waals surface area contributed by atoms with Crippen molar-refractivity contribution in [1.82, 2.24) is 0 Å². The van der Waals surface area contributed by atoms with Crippen LogP contribution in [0.1, 0.15) is 59.8 Å². The zero-order chi connectivity index (χ0) is 11.8. The van der Waals surface area contributed by atoms with Gasteiger partial charge in [-0.3, -0.25) is 4.79 Å². The van der Waals surface area contributed by atoms with E-state index in [0.29, 0.717) is 11.7 Å². The summed E-state index contributed by atoms with van der Waals surface area (Å²) in [7, 11) is 0. The Labute approximate surface area is 95.0 Å². The highest BCUT2D eigenvalue weighted by atomic mass is 16.1. The molecule has 0 N–H and O–H groups in total. The maximum Gasteiger partial charge on any atom is 0.132 e. The molecular formula is C14H26O. The monoisotopic (exact) mass is 210 g/mol. The molecule has 0 aromatic heterocycles. The fraction of sp³-hybridized carbons (Fsp3) is 0.786. The van der Waals surface area contributed by atoms with Gasteiger partial charge in [0, 0.05) is 5.92 Å². The zero-order valence-corrected chi connectivity index (χ0v) is 10.8. The Balaban J connectivity index is 3.99. The highest BCUT2D eigenvalue weighted by molar-refractivity contribution is 5.78. The number of hydrogen-bond acceptors (Lipinski definition) is 1. The first-order valence-corrected chi connectivity index (χ1v) is 6.20. The number of rotatable bonds is 8. The van der Waals surface area contributed by atoms with E-state index in [1.54, 1.807) is 6.92 Å². The van der Waals surface area contributed by atoms with Gasteiger partial charge in [-0.1, -0.05) is 39.3 Å². The van der Waals surface area contributed by atoms with Crippen LogP contribution in [0.25, 0.3) is 0 Å². The SMILES string of the molecule is C=C(CCC(CCC)C(C)=O)C(C)CC. The largest absolute Gasteiger partial charge is 0.300 e. The molecule has 0 aromatic rings. The number of allylic oxidation sites excluding steroid dienone is 1. The average molecular weight is 210 g/mol. The molecule has 0 aromatic carbocycles. The van der Waals surface area contributed by atoms with Crippen LogP contribution in [0.4, 0.5) is 0 Å². The first-order valence-electron chi connectivity index (χ1n) is 6.20. The zero-order valence-electron chi connectivity index (χ0n) is 10.8. The van der Waals surface area contributed by atoms with Crippen LogP contribution in [0.3, 0.4) is 0 Å². The van der Waals surface area contributed by atoms with Crippen LogP contribution in [0.5, 0.6) is 0 Å². The van der Waals surface area contributed by atoms with Crippen molar-refractivity contribution >= 4 is 5.78 Å². The van der Waals surface area contributed by atoms with Crippen LogP contribution in [0.2, 0.25) is 0 Å². The van der Waals surface area contributed by atoms with Crippen LogP contribution in [-0.4, -0.2) is 5.78 Å². The van der Waals surface area contributed by atoms with E-state index in [0.717, 1.165) is 32.1 Å². The molecule has 0 radical (unpaired) electrons. The highest BCUT2D eigenvalue weighted by Gasteiger charge is 2.14. The number of carbonyl (C=O) groups is 1. The predicted octanol–water partition coefficient (Wildman–Crippen LogP) is 4.37. The van der Waals surface area contributed by atoms with Crippen LogP contribution in [-0.2, 0) is 4.79 Å². The summed E-state index contributed by atoms with van der Waals surface area (Å²) in [6.45, 7) is 12.4. The molecule has 15 heavy (non-hydrogen) atoms. The molecule has 0 saturated heterocycles. The molecular weight excluding hydrogens is 184 g/mol. The second-order valence-electron chi connectivity index (χ2n) is 4.60. The Morgan fingerprint density at radius 3 is 2.27 bits per heavy atom. The lowest BCUT2D eigenvalue weighted by Crippen LogP contribution is -2.11. The van der Waals surface area contributed by atoms with Crippen molar-refractivity contribution in [3.63, 3.8) is 0 Å². The molecule has 2 atom stereocenters. The van der Waals surface area contributed by atoms with Crippen molar-refractivity contribution in [3.8, 4) is 0 Å². The molecule has 0 rings (SSSR count). The first-order chi connectivity index (χ1) is 7.02. The van der Waals surface area contributed by atoms with Gasteiger partial charge >= 0.3 is 0 Å². The van der Waals surface area contributed by atoms with Crippen LogP contribution < -0.4 is 0 Å². The van der Waals surface area contributed by atoms with Crippen molar-refractivity contribution in [2.24, 2.45) is 11.8 Å². The van der Waals surface area contributed by atoms with E-state index in [-0.39, 0.29) is 5.92 Å². The molecule has 0 aliphatic rings. The number of hydrogen-bond donors (Lipinski definition) is 0. The van der Waals surface area contributed by atoms with Crippen LogP contribution >= 0.6 is 0 Å². The lowest BCUT2D eigenvalue weighted by Gasteiger charge is -2.16. The summed E-state index contributed by atoms with van der Waals surface area (Å²) < 4.78 is 0. The molecule has 0 aliphatic heterocycles. The average Bonchev–Trinajstić information content (AvgIpc) is 2.21. The van der Waals surface area contributed by atoms with Gasteiger partial charge in [0.05, 0.1) is 0 Å². The molecule has 0 amide bonds. The van der Waals surface area contributed by atoms with E-state index in [1.165, 1.54) is 5.57 Å². The Morgan fingerprint density at radius 1 is 1.27 bits per heavy atom. The quantitative estimate of drug-likeness (QED) is 0.543. The second kappa shape index (κ2) is 7.67. The Morgan fingerprint density at radius 2 is 1.87 bits per heavy atom. The minimum Gasteiger partial charge on any atom is -0.300 e. The molecule has 1 heteroatoms. The van der Waals surface area contributed by atoms with E-state index in [9.17, 15) is 4.79 Å². The third-order valence-corrected chi connectivity index (χ3v) is 3.34. The minimum absolute atomic E-state index is 0.260. The fourth-order valence-electron chi connectivity index (χ4n) is 1.79. The van der Waals surface area contributed by atoms with Gasteiger partial charge < -0.3 is 0 Å². The van der Waals surface area contributed by atoms with Gasteiger partial charge in [-0.25, -0.2) is 0 Å². The molecule has 0 aliphatic carbocycles. The maximum atomic E-state index is 11.4. The molecule has 1 nitrogen and oxygen atoms in total. The summed E-state index contributed by atoms with van der Waals surface area (Å²) >= 11 is 0. The highest BCUT2D eigenvalue weighted by Crippen LogP contribution is 2.22. The molecule has 0 fully saturated rings. The van der Waals surface area contributed by atoms with E-state index >= 15 is 0 Å². The first kappa shape index (κ1) is 14.4. The minimum atomic E-state index is 0.260. The third kappa shape index (κ3) is 5.76. The van der Waals surface area contributed by atoms with Gasteiger partial charge in [0.25, 0.3) is 0 Å². The molecule has 2 unspecified atom stereocenters. The van der Waals surface area contributed by atoms with Crippen LogP contribution in [0.15, 0.2) is 12.2 Å². The Bertz CT molecular complexity index is 205. The topological polar surface area (TPSA) is 17.1 Å². The van der Waals surface area contributed by atoms with Crippen molar-refractivity contribution in [2.75, 3.05) is 0 Å². The lowest BCUT2D eigenvalue weighted by atomic mass is 9.88. The summed E-state index contributed by atoms with van der Waals surface area (Å²) in [5.74, 6) is 1.20. The lowest BCUT2D eigenvalue weighted by molar-refractivity contribution is -0.121. The van der Waals surface area contributed by atoms with Gasteiger partial charge in [0.1, 0.15) is 5.78 Å². The van der Waals surface area contributed by atoms with Crippen LogP contribution in [0, 0.1) is 11.8 Å². The Hall–Kier alpha value is -0.590. The number of Topliss-reactive ketones (excluding diaryl/α,β-unsaturated/α-hetero) is 1. The maximum absolute atomic E-state index is 11.4. The summed E-state index contributed by atoms with van der Waals surface area (Å²) in [6.07, 6.45) is 5.28. The van der Waals surface area contributed by atoms with Crippen molar-refractivity contribution in [3.05, 3.63) is 12.2 Å². The van der Waals surface area contributed by atoms with Gasteiger partial charge in [0.15, 0.2) is 0 Å². The number of carbonyl (C=O) groups excluding carboxylic acids is 1. The molecule has 0 saturated carbocycles. The Kier molecular flexibility index (Phi) is 7.37. The summed E-state index contributed by atoms with van der Waals surface area (Å²) in [6, 6.07) is 0. The van der Waals surface area contributed by atoms with E-state index in [2.05, 4.69) is 27.4 Å². The normalized spacial score (nSPS) is 14.7. The van der Waals surface area contributed by atoms with E-state index in [1.807, 2.05) is 0 Å². The molecule has 0 spiro atoms. The predicted molar refractivity (Wildman–Crippen MR) is 66.9 cm³/mol.